The predicted octanol–water partition coefficient (Wildman–Crippen LogP) is 2.82. The number of anilines is 2. The van der Waals surface area contributed by atoms with Crippen molar-refractivity contribution in [3.63, 3.8) is 0 Å². The van der Waals surface area contributed by atoms with Crippen molar-refractivity contribution in [1.82, 2.24) is 0 Å². The van der Waals surface area contributed by atoms with E-state index in [9.17, 15) is 18.0 Å². The summed E-state index contributed by atoms with van der Waals surface area (Å²) in [5.41, 5.74) is 8.49. The first-order chi connectivity index (χ1) is 8.86. The largest absolute Gasteiger partial charge is 0.471 e. The van der Waals surface area contributed by atoms with Crippen molar-refractivity contribution in [1.29, 1.82) is 0 Å². The molecule has 2 bridgehead atoms. The van der Waals surface area contributed by atoms with Crippen molar-refractivity contribution in [2.24, 2.45) is 5.92 Å². The fourth-order valence-electron chi connectivity index (χ4n) is 3.12. The van der Waals surface area contributed by atoms with Crippen LogP contribution in [0.3, 0.4) is 0 Å². The minimum Gasteiger partial charge on any atom is -0.398 e. The molecule has 1 aromatic rings. The monoisotopic (exact) mass is 270 g/mol. The van der Waals surface area contributed by atoms with Gasteiger partial charge in [-0.05, 0) is 54.4 Å². The highest BCUT2D eigenvalue weighted by Gasteiger charge is 2.42. The molecule has 3 aliphatic carbocycles. The molecule has 1 amide bonds. The third-order valence-electron chi connectivity index (χ3n) is 4.03. The van der Waals surface area contributed by atoms with E-state index in [1.54, 1.807) is 6.07 Å². The van der Waals surface area contributed by atoms with Crippen LogP contribution in [0.25, 0.3) is 0 Å². The summed E-state index contributed by atoms with van der Waals surface area (Å²) >= 11 is 0. The molecule has 0 saturated heterocycles. The molecule has 1 saturated carbocycles. The van der Waals surface area contributed by atoms with Crippen molar-refractivity contribution in [2.45, 2.75) is 31.4 Å². The molecule has 3 N–H and O–H groups in total. The first-order valence-corrected chi connectivity index (χ1v) is 6.15. The number of benzene rings is 1. The number of alkyl halides is 3. The van der Waals surface area contributed by atoms with Gasteiger partial charge in [0.25, 0.3) is 0 Å². The lowest BCUT2D eigenvalue weighted by Gasteiger charge is -2.43. The highest BCUT2D eigenvalue weighted by Crippen LogP contribution is 2.53. The lowest BCUT2D eigenvalue weighted by molar-refractivity contribution is -0.167. The normalized spacial score (nSPS) is 24.4. The highest BCUT2D eigenvalue weighted by molar-refractivity contribution is 5.96. The van der Waals surface area contributed by atoms with E-state index < -0.39 is 12.1 Å². The number of nitrogen functional groups attached to an aromatic ring is 1. The van der Waals surface area contributed by atoms with E-state index in [0.29, 0.717) is 23.9 Å². The van der Waals surface area contributed by atoms with Gasteiger partial charge < -0.3 is 11.1 Å². The van der Waals surface area contributed by atoms with Crippen molar-refractivity contribution in [3.05, 3.63) is 23.3 Å². The van der Waals surface area contributed by atoms with Crippen LogP contribution in [-0.2, 0) is 11.2 Å². The van der Waals surface area contributed by atoms with E-state index in [1.165, 1.54) is 6.07 Å². The maximum atomic E-state index is 12.3. The van der Waals surface area contributed by atoms with Crippen molar-refractivity contribution in [2.75, 3.05) is 11.1 Å². The molecule has 0 heterocycles. The summed E-state index contributed by atoms with van der Waals surface area (Å²) in [7, 11) is 0. The molecule has 0 unspecified atom stereocenters. The second kappa shape index (κ2) is 3.88. The van der Waals surface area contributed by atoms with Gasteiger partial charge in [-0.3, -0.25) is 4.79 Å². The molecule has 1 fully saturated rings. The van der Waals surface area contributed by atoms with Crippen LogP contribution in [0.2, 0.25) is 0 Å². The Kier molecular flexibility index (Phi) is 2.52. The molecule has 19 heavy (non-hydrogen) atoms. The van der Waals surface area contributed by atoms with Gasteiger partial charge in [-0.15, -0.1) is 0 Å². The minimum absolute atomic E-state index is 0.251. The molecule has 6 heteroatoms. The number of nitrogens with one attached hydrogen (secondary N) is 1. The topological polar surface area (TPSA) is 55.1 Å². The summed E-state index contributed by atoms with van der Waals surface area (Å²) < 4.78 is 36.9. The van der Waals surface area contributed by atoms with Crippen LogP contribution in [0.5, 0.6) is 0 Å². The molecule has 4 rings (SSSR count). The Morgan fingerprint density at radius 3 is 2.63 bits per heavy atom. The zero-order valence-electron chi connectivity index (χ0n) is 10.1. The molecule has 0 aromatic heterocycles. The van der Waals surface area contributed by atoms with Crippen LogP contribution in [-0.4, -0.2) is 12.1 Å². The Morgan fingerprint density at radius 1 is 1.32 bits per heavy atom. The first-order valence-electron chi connectivity index (χ1n) is 6.15. The van der Waals surface area contributed by atoms with Crippen LogP contribution in [0.4, 0.5) is 24.5 Å². The lowest BCUT2D eigenvalue weighted by Crippen LogP contribution is -2.34. The van der Waals surface area contributed by atoms with Gasteiger partial charge in [-0.2, -0.15) is 13.2 Å². The van der Waals surface area contributed by atoms with Gasteiger partial charge in [0.05, 0.1) is 0 Å². The molecule has 1 aromatic carbocycles. The molecule has 0 aliphatic heterocycles. The molecule has 102 valence electrons. The van der Waals surface area contributed by atoms with E-state index in [2.05, 4.69) is 0 Å². The lowest BCUT2D eigenvalue weighted by atomic mass is 9.62. The summed E-state index contributed by atoms with van der Waals surface area (Å²) in [5, 5.41) is 1.96. The zero-order chi connectivity index (χ0) is 13.8. The van der Waals surface area contributed by atoms with Gasteiger partial charge >= 0.3 is 12.1 Å². The summed E-state index contributed by atoms with van der Waals surface area (Å²) in [6.45, 7) is 0. The quantitative estimate of drug-likeness (QED) is 0.771. The van der Waals surface area contributed by atoms with Crippen molar-refractivity contribution >= 4 is 17.3 Å². The maximum Gasteiger partial charge on any atom is 0.471 e. The summed E-state index contributed by atoms with van der Waals surface area (Å²) in [4.78, 5) is 11.0. The third-order valence-corrected chi connectivity index (χ3v) is 4.03. The second-order valence-electron chi connectivity index (χ2n) is 5.28. The van der Waals surface area contributed by atoms with Gasteiger partial charge in [0.1, 0.15) is 0 Å². The number of carbonyl (C=O) groups excluding carboxylic acids is 1. The number of halogens is 3. The van der Waals surface area contributed by atoms with Gasteiger partial charge in [0.15, 0.2) is 0 Å². The van der Waals surface area contributed by atoms with E-state index >= 15 is 0 Å². The Bertz CT molecular complexity index is 548. The number of carbonyl (C=O) groups is 1. The number of hydrogen-bond donors (Lipinski definition) is 2. The number of rotatable bonds is 1. The van der Waals surface area contributed by atoms with Crippen LogP contribution in [0, 0.1) is 5.92 Å². The SMILES string of the molecule is Nc1ccc(NC(=O)C(F)(F)F)c2c1C1CC(C2)C1. The highest BCUT2D eigenvalue weighted by atomic mass is 19.4. The van der Waals surface area contributed by atoms with Crippen molar-refractivity contribution in [3.8, 4) is 0 Å². The van der Waals surface area contributed by atoms with Gasteiger partial charge in [-0.1, -0.05) is 0 Å². The zero-order valence-corrected chi connectivity index (χ0v) is 10.1. The van der Waals surface area contributed by atoms with Crippen LogP contribution in [0.1, 0.15) is 29.9 Å². The van der Waals surface area contributed by atoms with Gasteiger partial charge in [-0.25, -0.2) is 0 Å². The summed E-state index contributed by atoms with van der Waals surface area (Å²) in [6, 6.07) is 3.03. The van der Waals surface area contributed by atoms with Gasteiger partial charge in [0.2, 0.25) is 0 Å². The fourth-order valence-corrected chi connectivity index (χ4v) is 3.12. The third kappa shape index (κ3) is 1.95. The van der Waals surface area contributed by atoms with Crippen molar-refractivity contribution < 1.29 is 18.0 Å². The van der Waals surface area contributed by atoms with E-state index in [4.69, 9.17) is 5.73 Å². The molecular weight excluding hydrogens is 257 g/mol. The number of hydrogen-bond acceptors (Lipinski definition) is 2. The fraction of sp³-hybridized carbons (Fsp3) is 0.462. The maximum absolute atomic E-state index is 12.3. The number of nitrogens with two attached hydrogens (primary N) is 1. The molecule has 0 spiro atoms. The second-order valence-corrected chi connectivity index (χ2v) is 5.28. The van der Waals surface area contributed by atoms with Crippen LogP contribution >= 0.6 is 0 Å². The van der Waals surface area contributed by atoms with E-state index in [0.717, 1.165) is 24.0 Å². The Balaban J connectivity index is 1.96. The smallest absolute Gasteiger partial charge is 0.398 e. The van der Waals surface area contributed by atoms with Crippen LogP contribution in [0.15, 0.2) is 12.1 Å². The van der Waals surface area contributed by atoms with Crippen LogP contribution < -0.4 is 11.1 Å². The van der Waals surface area contributed by atoms with E-state index in [-0.39, 0.29) is 5.69 Å². The first kappa shape index (κ1) is 12.3. The minimum atomic E-state index is -4.87. The molecule has 3 nitrogen and oxygen atoms in total. The average Bonchev–Trinajstić information content (AvgIpc) is 2.30. The predicted molar refractivity (Wildman–Crippen MR) is 64.7 cm³/mol. The van der Waals surface area contributed by atoms with Gasteiger partial charge in [0, 0.05) is 11.4 Å². The standard InChI is InChI=1S/C13H13F3N2O/c14-13(15,16)12(19)18-10-2-1-9(17)11-7-3-6(4-7)5-8(10)11/h1-2,6-7H,3-5,17H2,(H,18,19). The molecule has 3 aliphatic rings. The Morgan fingerprint density at radius 2 is 2.00 bits per heavy atom. The summed E-state index contributed by atoms with van der Waals surface area (Å²) in [5.74, 6) is -1.07. The summed E-state index contributed by atoms with van der Waals surface area (Å²) in [6.07, 6.45) is -2.07. The Labute approximate surface area is 108 Å². The number of amides is 1. The molecule has 0 atom stereocenters. The van der Waals surface area contributed by atoms with E-state index in [1.807, 2.05) is 5.32 Å². The molecule has 0 radical (unpaired) electrons. The molecular formula is C13H13F3N2O. The average molecular weight is 270 g/mol. The Hall–Kier alpha value is -1.72.